The van der Waals surface area contributed by atoms with Gasteiger partial charge in [-0.2, -0.15) is 0 Å². The Hall–Kier alpha value is -3.82. The second-order valence-corrected chi connectivity index (χ2v) is 11.1. The number of nitrogens with zero attached hydrogens (tertiary/aromatic N) is 2. The summed E-state index contributed by atoms with van der Waals surface area (Å²) in [6.45, 7) is 1.30. The number of aromatic nitrogens is 1. The Balaban J connectivity index is 1.20. The second kappa shape index (κ2) is 9.43. The number of nitrogens with two attached hydrogens (primary N) is 1. The fourth-order valence-corrected chi connectivity index (χ4v) is 6.96. The number of fused-ring (bicyclic) bond motifs is 3. The van der Waals surface area contributed by atoms with Crippen LogP contribution in [0.5, 0.6) is 0 Å². The predicted octanol–water partition coefficient (Wildman–Crippen LogP) is 4.11. The van der Waals surface area contributed by atoms with E-state index in [9.17, 15) is 27.6 Å². The lowest BCUT2D eigenvalue weighted by Gasteiger charge is -2.40. The number of piperidine rings is 1. The first-order valence-electron chi connectivity index (χ1n) is 13.3. The van der Waals surface area contributed by atoms with E-state index in [0.717, 1.165) is 29.7 Å². The highest BCUT2D eigenvalue weighted by molar-refractivity contribution is 5.98. The van der Waals surface area contributed by atoms with Crippen LogP contribution in [0.25, 0.3) is 10.9 Å². The molecule has 10 heteroatoms. The van der Waals surface area contributed by atoms with Crippen LogP contribution in [0.4, 0.5) is 13.2 Å². The number of benzene rings is 2. The van der Waals surface area contributed by atoms with Gasteiger partial charge in [0.1, 0.15) is 29.2 Å². The third-order valence-corrected chi connectivity index (χ3v) is 8.88. The van der Waals surface area contributed by atoms with Gasteiger partial charge < -0.3 is 20.5 Å². The van der Waals surface area contributed by atoms with E-state index in [4.69, 9.17) is 5.73 Å². The Kier molecular flexibility index (Phi) is 6.15. The van der Waals surface area contributed by atoms with Gasteiger partial charge in [0.05, 0.1) is 5.52 Å². The van der Waals surface area contributed by atoms with E-state index in [2.05, 4.69) is 4.98 Å². The normalized spacial score (nSPS) is 22.0. The van der Waals surface area contributed by atoms with Gasteiger partial charge >= 0.3 is 0 Å². The number of rotatable bonds is 4. The van der Waals surface area contributed by atoms with Crippen molar-refractivity contribution >= 4 is 28.6 Å². The maximum absolute atomic E-state index is 14.4. The van der Waals surface area contributed by atoms with Crippen molar-refractivity contribution in [3.8, 4) is 0 Å². The summed E-state index contributed by atoms with van der Waals surface area (Å²) in [6, 6.07) is 7.47. The second-order valence-electron chi connectivity index (χ2n) is 11.1. The third kappa shape index (κ3) is 4.35. The van der Waals surface area contributed by atoms with Crippen molar-refractivity contribution in [1.82, 2.24) is 14.8 Å². The number of nitrogens with one attached hydrogen (secondary N) is 1. The lowest BCUT2D eigenvalue weighted by atomic mass is 9.73. The molecule has 1 unspecified atom stereocenters. The molecular formula is C29H29F3N4O3. The maximum atomic E-state index is 14.4. The molecule has 2 aromatic carbocycles. The number of hydrogen-bond donors (Lipinski definition) is 2. The molecule has 2 aliphatic heterocycles. The highest BCUT2D eigenvalue weighted by Crippen LogP contribution is 2.53. The zero-order chi connectivity index (χ0) is 27.5. The van der Waals surface area contributed by atoms with E-state index in [-0.39, 0.29) is 52.0 Å². The molecule has 3 aliphatic rings. The van der Waals surface area contributed by atoms with Gasteiger partial charge in [0.25, 0.3) is 5.91 Å². The summed E-state index contributed by atoms with van der Waals surface area (Å²) in [7, 11) is 0. The minimum Gasteiger partial charge on any atom is -0.368 e. The maximum Gasteiger partial charge on any atom is 0.270 e. The molecule has 0 radical (unpaired) electrons. The number of likely N-dealkylation sites (tertiary alicyclic amines) is 2. The van der Waals surface area contributed by atoms with Gasteiger partial charge in [0.2, 0.25) is 11.8 Å². The number of primary amides is 1. The summed E-state index contributed by atoms with van der Waals surface area (Å²) < 4.78 is 42.2. The van der Waals surface area contributed by atoms with E-state index in [1.165, 1.54) is 12.1 Å². The average Bonchev–Trinajstić information content (AvgIpc) is 3.62. The van der Waals surface area contributed by atoms with E-state index in [0.29, 0.717) is 45.3 Å². The number of halogens is 3. The summed E-state index contributed by atoms with van der Waals surface area (Å²) in [6.07, 6.45) is 3.32. The van der Waals surface area contributed by atoms with Crippen molar-refractivity contribution < 1.29 is 27.6 Å². The molecule has 204 valence electrons. The minimum absolute atomic E-state index is 0.122. The van der Waals surface area contributed by atoms with Crippen LogP contribution >= 0.6 is 0 Å². The molecule has 0 saturated carbocycles. The Morgan fingerprint density at radius 1 is 1.00 bits per heavy atom. The van der Waals surface area contributed by atoms with Crippen LogP contribution in [-0.2, 0) is 15.0 Å². The Morgan fingerprint density at radius 2 is 1.77 bits per heavy atom. The van der Waals surface area contributed by atoms with Crippen molar-refractivity contribution in [3.63, 3.8) is 0 Å². The van der Waals surface area contributed by atoms with Gasteiger partial charge in [-0.05, 0) is 78.8 Å². The lowest BCUT2D eigenvalue weighted by molar-refractivity contribution is -0.137. The SMILES string of the molecule is NC(=O)[C@@H]1CCCN1C(=O)CC1CC2(CCN(C(=O)c3cc4c(F)cc(F)cc4[nH]3)CC2)c2cc(F)ccc21. The molecular weight excluding hydrogens is 509 g/mol. The Labute approximate surface area is 223 Å². The topological polar surface area (TPSA) is 99.5 Å². The summed E-state index contributed by atoms with van der Waals surface area (Å²) in [4.78, 5) is 44.4. The molecule has 6 rings (SSSR count). The zero-order valence-electron chi connectivity index (χ0n) is 21.3. The van der Waals surface area contributed by atoms with E-state index in [1.807, 2.05) is 0 Å². The molecule has 1 spiro atoms. The molecule has 2 atom stereocenters. The Morgan fingerprint density at radius 3 is 2.51 bits per heavy atom. The van der Waals surface area contributed by atoms with Crippen molar-refractivity contribution in [2.45, 2.75) is 55.9 Å². The molecule has 39 heavy (non-hydrogen) atoms. The van der Waals surface area contributed by atoms with E-state index >= 15 is 0 Å². The van der Waals surface area contributed by atoms with E-state index in [1.54, 1.807) is 21.9 Å². The number of carbonyl (C=O) groups is 3. The highest BCUT2D eigenvalue weighted by Gasteiger charge is 2.47. The van der Waals surface area contributed by atoms with Gasteiger partial charge in [-0.15, -0.1) is 0 Å². The molecule has 3 heterocycles. The molecule has 2 saturated heterocycles. The number of amides is 3. The average molecular weight is 539 g/mol. The number of hydrogen-bond acceptors (Lipinski definition) is 3. The van der Waals surface area contributed by atoms with E-state index < -0.39 is 23.6 Å². The lowest BCUT2D eigenvalue weighted by Crippen LogP contribution is -2.45. The minimum atomic E-state index is -0.737. The van der Waals surface area contributed by atoms with Gasteiger partial charge in [-0.25, -0.2) is 13.2 Å². The highest BCUT2D eigenvalue weighted by atomic mass is 19.1. The molecule has 0 bridgehead atoms. The molecule has 7 nitrogen and oxygen atoms in total. The number of aromatic amines is 1. The van der Waals surface area contributed by atoms with Crippen LogP contribution in [0.1, 0.15) is 66.1 Å². The van der Waals surface area contributed by atoms with Crippen LogP contribution in [0.3, 0.4) is 0 Å². The van der Waals surface area contributed by atoms with Crippen LogP contribution < -0.4 is 5.73 Å². The number of H-pyrrole nitrogens is 1. The molecule has 1 aromatic heterocycles. The van der Waals surface area contributed by atoms with Crippen LogP contribution in [0.15, 0.2) is 36.4 Å². The molecule has 3 amide bonds. The largest absolute Gasteiger partial charge is 0.368 e. The summed E-state index contributed by atoms with van der Waals surface area (Å²) >= 11 is 0. The fraction of sp³-hybridized carbons (Fsp3) is 0.414. The van der Waals surface area contributed by atoms with Crippen molar-refractivity contribution in [2.24, 2.45) is 5.73 Å². The molecule has 1 aliphatic carbocycles. The number of carbonyl (C=O) groups excluding carboxylic acids is 3. The fourth-order valence-electron chi connectivity index (χ4n) is 6.96. The third-order valence-electron chi connectivity index (χ3n) is 8.88. The molecule has 3 N–H and O–H groups in total. The summed E-state index contributed by atoms with van der Waals surface area (Å²) in [5.74, 6) is -2.86. The predicted molar refractivity (Wildman–Crippen MR) is 137 cm³/mol. The quantitative estimate of drug-likeness (QED) is 0.523. The first kappa shape index (κ1) is 25.5. The van der Waals surface area contributed by atoms with Crippen LogP contribution in [0, 0.1) is 17.5 Å². The van der Waals surface area contributed by atoms with Crippen molar-refractivity contribution in [1.29, 1.82) is 0 Å². The monoisotopic (exact) mass is 538 g/mol. The van der Waals surface area contributed by atoms with Gasteiger partial charge in [0.15, 0.2) is 0 Å². The van der Waals surface area contributed by atoms with Crippen LogP contribution in [-0.4, -0.2) is 58.2 Å². The molecule has 2 fully saturated rings. The summed E-state index contributed by atoms with van der Waals surface area (Å²) in [5.41, 5.74) is 7.34. The Bertz CT molecular complexity index is 1490. The van der Waals surface area contributed by atoms with Crippen molar-refractivity contribution in [3.05, 3.63) is 70.7 Å². The van der Waals surface area contributed by atoms with Gasteiger partial charge in [-0.1, -0.05) is 6.07 Å². The van der Waals surface area contributed by atoms with Gasteiger partial charge in [-0.3, -0.25) is 14.4 Å². The first-order valence-corrected chi connectivity index (χ1v) is 13.3. The smallest absolute Gasteiger partial charge is 0.270 e. The zero-order valence-corrected chi connectivity index (χ0v) is 21.3. The van der Waals surface area contributed by atoms with Crippen LogP contribution in [0.2, 0.25) is 0 Å². The molecule has 3 aromatic rings. The standard InChI is InChI=1S/C29H29F3N4O3/c30-17-3-4-19-16(10-26(37)36-7-1-2-25(36)27(33)38)15-29(21(19)11-17)5-8-35(9-6-29)28(39)24-14-20-22(32)12-18(31)13-23(20)34-24/h3-4,11-14,16,25,34H,1-2,5-10,15H2,(H2,33,38)/t16?,25-/m0/s1. The van der Waals surface area contributed by atoms with Gasteiger partial charge in [0, 0.05) is 37.5 Å². The van der Waals surface area contributed by atoms with Crippen molar-refractivity contribution in [2.75, 3.05) is 19.6 Å². The first-order chi connectivity index (χ1) is 18.6. The summed E-state index contributed by atoms with van der Waals surface area (Å²) in [5, 5.41) is 0.150.